The van der Waals surface area contributed by atoms with E-state index in [-0.39, 0.29) is 17.8 Å². The normalized spacial score (nSPS) is 10.4. The Kier molecular flexibility index (Phi) is 4.78. The summed E-state index contributed by atoms with van der Waals surface area (Å²) in [6, 6.07) is 9.28. The second-order valence-corrected chi connectivity index (χ2v) is 5.53. The number of carbonyl (C=O) groups excluding carboxylic acids is 1. The highest BCUT2D eigenvalue weighted by Crippen LogP contribution is 2.25. The number of hydrogen-bond donors (Lipinski definition) is 0. The molecule has 2 nitrogen and oxygen atoms in total. The van der Waals surface area contributed by atoms with Gasteiger partial charge >= 0.3 is 0 Å². The van der Waals surface area contributed by atoms with Crippen LogP contribution in [0.3, 0.4) is 0 Å². The van der Waals surface area contributed by atoms with Crippen molar-refractivity contribution in [2.75, 3.05) is 7.11 Å². The van der Waals surface area contributed by atoms with Crippen LogP contribution in [0.15, 0.2) is 40.9 Å². The molecule has 2 rings (SSSR count). The van der Waals surface area contributed by atoms with Gasteiger partial charge in [-0.05, 0) is 36.4 Å². The lowest BCUT2D eigenvalue weighted by Gasteiger charge is -2.09. The van der Waals surface area contributed by atoms with Crippen molar-refractivity contribution in [1.29, 1.82) is 0 Å². The summed E-state index contributed by atoms with van der Waals surface area (Å²) in [6.07, 6.45) is 0.0249. The van der Waals surface area contributed by atoms with Crippen LogP contribution < -0.4 is 4.74 Å². The van der Waals surface area contributed by atoms with Gasteiger partial charge in [-0.1, -0.05) is 27.5 Å². The molecule has 0 saturated carbocycles. The topological polar surface area (TPSA) is 26.3 Å². The average molecular weight is 358 g/mol. The number of benzene rings is 2. The van der Waals surface area contributed by atoms with Gasteiger partial charge in [-0.2, -0.15) is 0 Å². The third kappa shape index (κ3) is 3.38. The van der Waals surface area contributed by atoms with Crippen molar-refractivity contribution < 1.29 is 13.9 Å². The van der Waals surface area contributed by atoms with Crippen LogP contribution in [0.1, 0.15) is 15.9 Å². The molecule has 0 radical (unpaired) electrons. The largest absolute Gasteiger partial charge is 0.496 e. The van der Waals surface area contributed by atoms with E-state index in [1.165, 1.54) is 19.2 Å². The summed E-state index contributed by atoms with van der Waals surface area (Å²) in [5, 5.41) is 0.503. The average Bonchev–Trinajstić information content (AvgIpc) is 2.41. The van der Waals surface area contributed by atoms with Gasteiger partial charge in [-0.3, -0.25) is 4.79 Å². The summed E-state index contributed by atoms with van der Waals surface area (Å²) >= 11 is 9.14. The van der Waals surface area contributed by atoms with E-state index in [0.29, 0.717) is 20.8 Å². The summed E-state index contributed by atoms with van der Waals surface area (Å²) in [5.41, 5.74) is 0.672. The number of ether oxygens (including phenoxy) is 1. The molecule has 0 amide bonds. The van der Waals surface area contributed by atoms with Crippen molar-refractivity contribution in [3.05, 3.63) is 62.8 Å². The smallest absolute Gasteiger partial charge is 0.170 e. The van der Waals surface area contributed by atoms with E-state index in [9.17, 15) is 9.18 Å². The first-order chi connectivity index (χ1) is 9.51. The minimum absolute atomic E-state index is 0.0249. The molecule has 0 atom stereocenters. The highest BCUT2D eigenvalue weighted by Gasteiger charge is 2.15. The summed E-state index contributed by atoms with van der Waals surface area (Å²) in [5.74, 6) is -0.318. The van der Waals surface area contributed by atoms with E-state index in [1.54, 1.807) is 24.3 Å². The van der Waals surface area contributed by atoms with E-state index in [4.69, 9.17) is 16.3 Å². The lowest BCUT2D eigenvalue weighted by Crippen LogP contribution is -2.07. The number of rotatable bonds is 4. The van der Waals surface area contributed by atoms with Gasteiger partial charge in [0.25, 0.3) is 0 Å². The fourth-order valence-electron chi connectivity index (χ4n) is 1.86. The lowest BCUT2D eigenvalue weighted by atomic mass is 10.0. The number of hydrogen-bond acceptors (Lipinski definition) is 2. The van der Waals surface area contributed by atoms with Gasteiger partial charge in [-0.15, -0.1) is 0 Å². The number of carbonyl (C=O) groups is 1. The minimum Gasteiger partial charge on any atom is -0.496 e. The fraction of sp³-hybridized carbons (Fsp3) is 0.133. The van der Waals surface area contributed by atoms with Gasteiger partial charge in [0, 0.05) is 21.5 Å². The molecule has 2 aromatic carbocycles. The number of halogens is 3. The van der Waals surface area contributed by atoms with Crippen LogP contribution in [0.5, 0.6) is 5.75 Å². The molecule has 0 N–H and O–H groups in total. The molecular formula is C15H11BrClFO2. The zero-order valence-corrected chi connectivity index (χ0v) is 13.0. The Balaban J connectivity index is 2.32. The molecule has 0 aliphatic carbocycles. The quantitative estimate of drug-likeness (QED) is 0.743. The predicted molar refractivity (Wildman–Crippen MR) is 80.1 cm³/mol. The molecule has 0 saturated heterocycles. The Morgan fingerprint density at radius 2 is 2.05 bits per heavy atom. The van der Waals surface area contributed by atoms with Gasteiger partial charge in [-0.25, -0.2) is 4.39 Å². The molecule has 0 aliphatic rings. The van der Waals surface area contributed by atoms with Crippen LogP contribution in [-0.4, -0.2) is 12.9 Å². The van der Waals surface area contributed by atoms with E-state index >= 15 is 0 Å². The maximum Gasteiger partial charge on any atom is 0.170 e. The SMILES string of the molecule is COc1ccc(Cl)cc1CC(=O)c1cc(Br)ccc1F. The zero-order chi connectivity index (χ0) is 14.7. The van der Waals surface area contributed by atoms with Crippen molar-refractivity contribution in [1.82, 2.24) is 0 Å². The van der Waals surface area contributed by atoms with Crippen molar-refractivity contribution in [3.63, 3.8) is 0 Å². The van der Waals surface area contributed by atoms with Crippen molar-refractivity contribution in [2.45, 2.75) is 6.42 Å². The molecule has 0 heterocycles. The second-order valence-electron chi connectivity index (χ2n) is 4.18. The van der Waals surface area contributed by atoms with Gasteiger partial charge in [0.15, 0.2) is 5.78 Å². The molecular weight excluding hydrogens is 347 g/mol. The third-order valence-corrected chi connectivity index (χ3v) is 3.55. The van der Waals surface area contributed by atoms with Crippen LogP contribution in [0.25, 0.3) is 0 Å². The van der Waals surface area contributed by atoms with E-state index in [1.807, 2.05) is 0 Å². The van der Waals surface area contributed by atoms with Crippen LogP contribution in [-0.2, 0) is 6.42 Å². The number of ketones is 1. The Labute approximate surface area is 129 Å². The Bertz CT molecular complexity index is 658. The standard InChI is InChI=1S/C15H11BrClFO2/c1-20-15-5-3-11(17)6-9(15)7-14(19)12-8-10(16)2-4-13(12)18/h2-6,8H,7H2,1H3. The molecule has 20 heavy (non-hydrogen) atoms. The van der Waals surface area contributed by atoms with Gasteiger partial charge < -0.3 is 4.74 Å². The highest BCUT2D eigenvalue weighted by molar-refractivity contribution is 9.10. The first kappa shape index (κ1) is 15.0. The van der Waals surface area contributed by atoms with Crippen molar-refractivity contribution in [3.8, 4) is 5.75 Å². The molecule has 2 aromatic rings. The Hall–Kier alpha value is -1.39. The van der Waals surface area contributed by atoms with Gasteiger partial charge in [0.1, 0.15) is 11.6 Å². The van der Waals surface area contributed by atoms with Crippen LogP contribution in [0.2, 0.25) is 5.02 Å². The van der Waals surface area contributed by atoms with Crippen LogP contribution in [0.4, 0.5) is 4.39 Å². The minimum atomic E-state index is -0.542. The molecule has 0 bridgehead atoms. The lowest BCUT2D eigenvalue weighted by molar-refractivity contribution is 0.0988. The van der Waals surface area contributed by atoms with Gasteiger partial charge in [0.05, 0.1) is 12.7 Å². The molecule has 5 heteroatoms. The summed E-state index contributed by atoms with van der Waals surface area (Å²) < 4.78 is 19.5. The van der Waals surface area contributed by atoms with Crippen molar-refractivity contribution >= 4 is 33.3 Å². The molecule has 0 spiro atoms. The zero-order valence-electron chi connectivity index (χ0n) is 10.6. The van der Waals surface area contributed by atoms with Crippen molar-refractivity contribution in [2.24, 2.45) is 0 Å². The number of Topliss-reactive ketones (excluding diaryl/α,β-unsaturated/α-hetero) is 1. The second kappa shape index (κ2) is 6.37. The van der Waals surface area contributed by atoms with E-state index < -0.39 is 5.82 Å². The van der Waals surface area contributed by atoms with Crippen LogP contribution >= 0.6 is 27.5 Å². The van der Waals surface area contributed by atoms with Gasteiger partial charge in [0.2, 0.25) is 0 Å². The molecule has 104 valence electrons. The summed E-state index contributed by atoms with van der Waals surface area (Å²) in [7, 11) is 1.51. The fourth-order valence-corrected chi connectivity index (χ4v) is 2.42. The summed E-state index contributed by atoms with van der Waals surface area (Å²) in [6.45, 7) is 0. The monoisotopic (exact) mass is 356 g/mol. The summed E-state index contributed by atoms with van der Waals surface area (Å²) in [4.78, 5) is 12.2. The first-order valence-corrected chi connectivity index (χ1v) is 6.99. The maximum absolute atomic E-state index is 13.7. The maximum atomic E-state index is 13.7. The molecule has 0 aromatic heterocycles. The first-order valence-electron chi connectivity index (χ1n) is 5.82. The third-order valence-electron chi connectivity index (χ3n) is 2.82. The Morgan fingerprint density at radius 1 is 1.30 bits per heavy atom. The van der Waals surface area contributed by atoms with E-state index in [0.717, 1.165) is 0 Å². The molecule has 0 fully saturated rings. The highest BCUT2D eigenvalue weighted by atomic mass is 79.9. The molecule has 0 aliphatic heterocycles. The van der Waals surface area contributed by atoms with Crippen LogP contribution in [0, 0.1) is 5.82 Å². The predicted octanol–water partition coefficient (Wildman–Crippen LogP) is 4.68. The Morgan fingerprint density at radius 3 is 2.75 bits per heavy atom. The molecule has 0 unspecified atom stereocenters. The number of methoxy groups -OCH3 is 1. The van der Waals surface area contributed by atoms with E-state index in [2.05, 4.69) is 15.9 Å².